The third-order valence-electron chi connectivity index (χ3n) is 3.47. The van der Waals surface area contributed by atoms with Crippen LogP contribution < -0.4 is 0 Å². The van der Waals surface area contributed by atoms with E-state index in [1.807, 2.05) is 18.2 Å². The van der Waals surface area contributed by atoms with Gasteiger partial charge in [0.25, 0.3) is 0 Å². The largest absolute Gasteiger partial charge is 0.490 e. The number of carbonyl (C=O) groups excluding carboxylic acids is 1. The Morgan fingerprint density at radius 2 is 2.10 bits per heavy atom. The average molecular weight is 287 g/mol. The lowest BCUT2D eigenvalue weighted by atomic mass is 10.00. The van der Waals surface area contributed by atoms with Crippen molar-refractivity contribution >= 4 is 11.9 Å². The van der Waals surface area contributed by atoms with Gasteiger partial charge in [0.1, 0.15) is 6.54 Å². The van der Waals surface area contributed by atoms with Crippen LogP contribution in [0.4, 0.5) is 5.95 Å². The van der Waals surface area contributed by atoms with Crippen molar-refractivity contribution in [2.75, 3.05) is 6.54 Å². The third kappa shape index (κ3) is 2.73. The van der Waals surface area contributed by atoms with Crippen molar-refractivity contribution in [3.8, 4) is 0 Å². The number of nitro groups is 1. The smallest absolute Gasteiger partial charge is 0.390 e. The van der Waals surface area contributed by atoms with Crippen LogP contribution in [-0.2, 0) is 24.3 Å². The monoisotopic (exact) mass is 287 g/mol. The topological polar surface area (TPSA) is 94.2 Å². The van der Waals surface area contributed by atoms with E-state index in [2.05, 4.69) is 16.1 Å². The molecule has 0 bridgehead atoms. The van der Waals surface area contributed by atoms with Gasteiger partial charge in [-0.1, -0.05) is 29.2 Å². The Bertz CT molecular complexity index is 697. The fourth-order valence-corrected chi connectivity index (χ4v) is 2.39. The first-order chi connectivity index (χ1) is 10.1. The van der Waals surface area contributed by atoms with Crippen LogP contribution in [0.3, 0.4) is 0 Å². The lowest BCUT2D eigenvalue weighted by Crippen LogP contribution is -2.38. The van der Waals surface area contributed by atoms with E-state index in [9.17, 15) is 14.9 Å². The summed E-state index contributed by atoms with van der Waals surface area (Å²) < 4.78 is 1.20. The van der Waals surface area contributed by atoms with Crippen molar-refractivity contribution in [2.45, 2.75) is 19.5 Å². The molecule has 0 saturated carbocycles. The quantitative estimate of drug-likeness (QED) is 0.614. The van der Waals surface area contributed by atoms with Gasteiger partial charge in [-0.15, -0.1) is 0 Å². The summed E-state index contributed by atoms with van der Waals surface area (Å²) in [6.07, 6.45) is 2.02. The number of aromatic nitrogens is 3. The Hall–Kier alpha value is -2.77. The minimum Gasteiger partial charge on any atom is -0.390 e. The Kier molecular flexibility index (Phi) is 3.35. The number of hydrogen-bond acceptors (Lipinski definition) is 5. The highest BCUT2D eigenvalue weighted by Gasteiger charge is 2.22. The van der Waals surface area contributed by atoms with Gasteiger partial charge in [-0.25, -0.2) is 0 Å². The van der Waals surface area contributed by atoms with Crippen LogP contribution in [0.1, 0.15) is 11.1 Å². The van der Waals surface area contributed by atoms with Gasteiger partial charge in [0, 0.05) is 18.2 Å². The summed E-state index contributed by atoms with van der Waals surface area (Å²) in [5.74, 6) is -0.615. The standard InChI is InChI=1S/C13H13N5O3/c19-12(8-17-9-14-13(15-17)18(20)21)16-6-5-10-3-1-2-4-11(10)7-16/h1-4,9H,5-8H2. The molecule has 1 amide bonds. The van der Waals surface area contributed by atoms with Gasteiger partial charge < -0.3 is 15.0 Å². The van der Waals surface area contributed by atoms with Gasteiger partial charge >= 0.3 is 5.95 Å². The van der Waals surface area contributed by atoms with Crippen molar-refractivity contribution in [1.82, 2.24) is 19.7 Å². The molecule has 0 radical (unpaired) electrons. The minimum atomic E-state index is -0.682. The van der Waals surface area contributed by atoms with E-state index in [-0.39, 0.29) is 12.5 Å². The third-order valence-corrected chi connectivity index (χ3v) is 3.47. The van der Waals surface area contributed by atoms with Gasteiger partial charge in [-0.2, -0.15) is 4.68 Å². The Morgan fingerprint density at radius 1 is 1.33 bits per heavy atom. The summed E-state index contributed by atoms with van der Waals surface area (Å²) in [6.45, 7) is 1.17. The number of amides is 1. The molecule has 3 rings (SSSR count). The van der Waals surface area contributed by atoms with Crippen LogP contribution in [0, 0.1) is 10.1 Å². The molecule has 108 valence electrons. The molecule has 0 unspecified atom stereocenters. The van der Waals surface area contributed by atoms with E-state index >= 15 is 0 Å². The van der Waals surface area contributed by atoms with Crippen LogP contribution in [-0.4, -0.2) is 37.0 Å². The van der Waals surface area contributed by atoms with Crippen molar-refractivity contribution in [3.05, 3.63) is 51.8 Å². The number of rotatable bonds is 3. The second kappa shape index (κ2) is 5.31. The lowest BCUT2D eigenvalue weighted by Gasteiger charge is -2.28. The van der Waals surface area contributed by atoms with Crippen LogP contribution in [0.5, 0.6) is 0 Å². The zero-order chi connectivity index (χ0) is 14.8. The first-order valence-electron chi connectivity index (χ1n) is 6.52. The molecule has 1 aromatic carbocycles. The van der Waals surface area contributed by atoms with Crippen LogP contribution in [0.25, 0.3) is 0 Å². The van der Waals surface area contributed by atoms with E-state index in [0.717, 1.165) is 12.0 Å². The molecule has 8 nitrogen and oxygen atoms in total. The fraction of sp³-hybridized carbons (Fsp3) is 0.308. The normalized spacial score (nSPS) is 13.8. The van der Waals surface area contributed by atoms with Crippen molar-refractivity contribution in [2.24, 2.45) is 0 Å². The van der Waals surface area contributed by atoms with Gasteiger partial charge in [0.15, 0.2) is 0 Å². The fourth-order valence-electron chi connectivity index (χ4n) is 2.39. The Morgan fingerprint density at radius 3 is 2.81 bits per heavy atom. The molecule has 0 spiro atoms. The van der Waals surface area contributed by atoms with E-state index in [0.29, 0.717) is 13.1 Å². The molecule has 8 heteroatoms. The molecule has 1 aromatic heterocycles. The molecule has 0 saturated heterocycles. The van der Waals surface area contributed by atoms with Crippen molar-refractivity contribution in [1.29, 1.82) is 0 Å². The first-order valence-corrected chi connectivity index (χ1v) is 6.52. The lowest BCUT2D eigenvalue weighted by molar-refractivity contribution is -0.394. The number of hydrogen-bond donors (Lipinski definition) is 0. The zero-order valence-corrected chi connectivity index (χ0v) is 11.2. The summed E-state index contributed by atoms with van der Waals surface area (Å²) >= 11 is 0. The number of nitrogens with zero attached hydrogens (tertiary/aromatic N) is 5. The molecular weight excluding hydrogens is 274 g/mol. The first kappa shape index (κ1) is 13.2. The van der Waals surface area contributed by atoms with E-state index in [1.165, 1.54) is 16.6 Å². The summed E-state index contributed by atoms with van der Waals surface area (Å²) in [5.41, 5.74) is 2.40. The predicted octanol–water partition coefficient (Wildman–Crippen LogP) is 0.771. The minimum absolute atomic E-state index is 0.0387. The highest BCUT2D eigenvalue weighted by molar-refractivity contribution is 5.76. The van der Waals surface area contributed by atoms with Crippen LogP contribution >= 0.6 is 0 Å². The molecule has 2 heterocycles. The predicted molar refractivity (Wildman–Crippen MR) is 72.2 cm³/mol. The summed E-state index contributed by atoms with van der Waals surface area (Å²) in [4.78, 5) is 27.3. The summed E-state index contributed by atoms with van der Waals surface area (Å²) in [5, 5.41) is 14.2. The maximum absolute atomic E-state index is 12.2. The molecule has 0 fully saturated rings. The molecule has 1 aliphatic rings. The molecule has 1 aliphatic heterocycles. The average Bonchev–Trinajstić information content (AvgIpc) is 2.95. The zero-order valence-electron chi connectivity index (χ0n) is 11.2. The van der Waals surface area contributed by atoms with E-state index < -0.39 is 10.9 Å². The van der Waals surface area contributed by atoms with Gasteiger partial charge in [0.05, 0.1) is 0 Å². The molecular formula is C13H13N5O3. The summed E-state index contributed by atoms with van der Waals surface area (Å²) in [7, 11) is 0. The Balaban J connectivity index is 1.67. The van der Waals surface area contributed by atoms with Gasteiger partial charge in [0.2, 0.25) is 12.2 Å². The number of fused-ring (bicyclic) bond motifs is 1. The van der Waals surface area contributed by atoms with Crippen LogP contribution in [0.15, 0.2) is 30.6 Å². The van der Waals surface area contributed by atoms with Crippen molar-refractivity contribution in [3.63, 3.8) is 0 Å². The Labute approximate surface area is 120 Å². The molecule has 0 N–H and O–H groups in total. The van der Waals surface area contributed by atoms with Gasteiger partial charge in [-0.3, -0.25) is 4.79 Å². The maximum Gasteiger partial charge on any atom is 0.490 e. The highest BCUT2D eigenvalue weighted by atomic mass is 16.6. The highest BCUT2D eigenvalue weighted by Crippen LogP contribution is 2.18. The molecule has 2 aromatic rings. The van der Waals surface area contributed by atoms with Gasteiger partial charge in [-0.05, 0) is 22.5 Å². The second-order valence-corrected chi connectivity index (χ2v) is 4.83. The second-order valence-electron chi connectivity index (χ2n) is 4.83. The summed E-state index contributed by atoms with van der Waals surface area (Å²) in [6, 6.07) is 8.02. The number of carbonyl (C=O) groups is 1. The maximum atomic E-state index is 12.2. The van der Waals surface area contributed by atoms with Crippen molar-refractivity contribution < 1.29 is 9.72 Å². The van der Waals surface area contributed by atoms with E-state index in [4.69, 9.17) is 0 Å². The molecule has 0 atom stereocenters. The molecule has 0 aliphatic carbocycles. The van der Waals surface area contributed by atoms with E-state index in [1.54, 1.807) is 4.90 Å². The SMILES string of the molecule is O=C(Cn1cnc([N+](=O)[O-])n1)N1CCc2ccccc2C1. The number of benzene rings is 1. The van der Waals surface area contributed by atoms with Crippen LogP contribution in [0.2, 0.25) is 0 Å². The molecule has 21 heavy (non-hydrogen) atoms.